The highest BCUT2D eigenvalue weighted by Gasteiger charge is 2.02. The fraction of sp³-hybridized carbons (Fsp3) is 0.500. The van der Waals surface area contributed by atoms with Gasteiger partial charge < -0.3 is 10.8 Å². The lowest BCUT2D eigenvalue weighted by molar-refractivity contribution is -0.137. The van der Waals surface area contributed by atoms with E-state index in [1.54, 1.807) is 0 Å². The molecule has 0 aliphatic rings. The number of anilines is 1. The highest BCUT2D eigenvalue weighted by atomic mass is 32.1. The fourth-order valence-electron chi connectivity index (χ4n) is 0.758. The summed E-state index contributed by atoms with van der Waals surface area (Å²) < 4.78 is 0. The molecule has 0 aliphatic heterocycles. The smallest absolute Gasteiger partial charge is 0.303 e. The summed E-state index contributed by atoms with van der Waals surface area (Å²) in [6.45, 7) is 0. The Labute approximate surface area is 73.2 Å². The lowest BCUT2D eigenvalue weighted by atomic mass is 10.2. The zero-order valence-electron chi connectivity index (χ0n) is 6.36. The monoisotopic (exact) mass is 187 g/mol. The predicted molar refractivity (Wildman–Crippen MR) is 44.9 cm³/mol. The van der Waals surface area contributed by atoms with Crippen molar-refractivity contribution in [3.8, 4) is 0 Å². The van der Waals surface area contributed by atoms with E-state index < -0.39 is 5.97 Å². The summed E-state index contributed by atoms with van der Waals surface area (Å²) in [7, 11) is 0. The summed E-state index contributed by atoms with van der Waals surface area (Å²) in [5.74, 6) is -0.785. The molecule has 12 heavy (non-hydrogen) atoms. The zero-order chi connectivity index (χ0) is 8.97. The van der Waals surface area contributed by atoms with Crippen LogP contribution in [-0.2, 0) is 11.2 Å². The minimum absolute atomic E-state index is 0.166. The molecule has 0 saturated carbocycles. The van der Waals surface area contributed by atoms with E-state index in [4.69, 9.17) is 10.8 Å². The van der Waals surface area contributed by atoms with Gasteiger partial charge in [-0.25, -0.2) is 0 Å². The average Bonchev–Trinajstić information content (AvgIpc) is 2.35. The molecule has 0 radical (unpaired) electrons. The third-order valence-electron chi connectivity index (χ3n) is 1.26. The highest BCUT2D eigenvalue weighted by Crippen LogP contribution is 2.13. The minimum Gasteiger partial charge on any atom is -0.481 e. The Balaban J connectivity index is 2.29. The van der Waals surface area contributed by atoms with Crippen molar-refractivity contribution < 1.29 is 9.90 Å². The molecule has 1 aromatic heterocycles. The second-order valence-corrected chi connectivity index (χ2v) is 3.37. The largest absolute Gasteiger partial charge is 0.481 e. The number of aromatic nitrogens is 2. The quantitative estimate of drug-likeness (QED) is 0.717. The van der Waals surface area contributed by atoms with Crippen LogP contribution in [-0.4, -0.2) is 21.3 Å². The van der Waals surface area contributed by atoms with Gasteiger partial charge in [0.05, 0.1) is 0 Å². The van der Waals surface area contributed by atoms with Crippen molar-refractivity contribution in [3.63, 3.8) is 0 Å². The number of carboxylic acid groups (broad SMARTS) is 1. The first-order chi connectivity index (χ1) is 5.68. The lowest BCUT2D eigenvalue weighted by Gasteiger charge is -1.90. The van der Waals surface area contributed by atoms with Crippen LogP contribution in [0.25, 0.3) is 0 Å². The van der Waals surface area contributed by atoms with E-state index in [1.807, 2.05) is 0 Å². The van der Waals surface area contributed by atoms with Gasteiger partial charge in [-0.1, -0.05) is 11.3 Å². The average molecular weight is 187 g/mol. The van der Waals surface area contributed by atoms with Gasteiger partial charge in [-0.15, -0.1) is 10.2 Å². The van der Waals surface area contributed by atoms with Crippen LogP contribution in [0.1, 0.15) is 17.8 Å². The summed E-state index contributed by atoms with van der Waals surface area (Å²) in [4.78, 5) is 10.1. The molecular weight excluding hydrogens is 178 g/mol. The topological polar surface area (TPSA) is 89.1 Å². The van der Waals surface area contributed by atoms with Crippen LogP contribution >= 0.6 is 11.3 Å². The number of nitrogens with zero attached hydrogens (tertiary/aromatic N) is 2. The molecule has 0 aromatic carbocycles. The molecule has 0 atom stereocenters. The van der Waals surface area contributed by atoms with Crippen LogP contribution in [0, 0.1) is 0 Å². The molecular formula is C6H9N3O2S. The summed E-state index contributed by atoms with van der Waals surface area (Å²) in [6, 6.07) is 0. The summed E-state index contributed by atoms with van der Waals surface area (Å²) >= 11 is 1.30. The van der Waals surface area contributed by atoms with Gasteiger partial charge >= 0.3 is 5.97 Å². The maximum absolute atomic E-state index is 10.1. The van der Waals surface area contributed by atoms with Gasteiger partial charge in [-0.05, 0) is 6.42 Å². The molecule has 6 heteroatoms. The van der Waals surface area contributed by atoms with Crippen LogP contribution < -0.4 is 5.73 Å². The number of hydrogen-bond donors (Lipinski definition) is 2. The van der Waals surface area contributed by atoms with Crippen molar-refractivity contribution >= 4 is 22.4 Å². The summed E-state index contributed by atoms with van der Waals surface area (Å²) in [6.07, 6.45) is 1.39. The van der Waals surface area contributed by atoms with Crippen LogP contribution in [0.3, 0.4) is 0 Å². The van der Waals surface area contributed by atoms with Crippen molar-refractivity contribution in [1.82, 2.24) is 10.2 Å². The number of carbonyl (C=O) groups is 1. The van der Waals surface area contributed by atoms with Crippen LogP contribution in [0.4, 0.5) is 5.13 Å². The van der Waals surface area contributed by atoms with E-state index in [0.717, 1.165) is 5.01 Å². The van der Waals surface area contributed by atoms with Gasteiger partial charge in [0, 0.05) is 12.8 Å². The standard InChI is InChI=1S/C6H9N3O2S/c7-6-9-8-4(12-6)2-1-3-5(10)11/h1-3H2,(H2,7,9)(H,10,11). The van der Waals surface area contributed by atoms with Gasteiger partial charge in [0.25, 0.3) is 0 Å². The number of nitrogens with two attached hydrogens (primary N) is 1. The van der Waals surface area contributed by atoms with E-state index in [9.17, 15) is 4.79 Å². The van der Waals surface area contributed by atoms with Crippen LogP contribution in [0.5, 0.6) is 0 Å². The Morgan fingerprint density at radius 3 is 2.83 bits per heavy atom. The lowest BCUT2D eigenvalue weighted by Crippen LogP contribution is -1.95. The Kier molecular flexibility index (Phi) is 2.98. The highest BCUT2D eigenvalue weighted by molar-refractivity contribution is 7.15. The first-order valence-corrected chi connectivity index (χ1v) is 4.30. The molecule has 5 nitrogen and oxygen atoms in total. The molecule has 66 valence electrons. The van der Waals surface area contributed by atoms with Crippen molar-refractivity contribution in [1.29, 1.82) is 0 Å². The molecule has 0 spiro atoms. The van der Waals surface area contributed by atoms with Crippen molar-refractivity contribution in [3.05, 3.63) is 5.01 Å². The van der Waals surface area contributed by atoms with Gasteiger partial charge in [-0.2, -0.15) is 0 Å². The van der Waals surface area contributed by atoms with E-state index in [2.05, 4.69) is 10.2 Å². The number of nitrogen functional groups attached to an aromatic ring is 1. The SMILES string of the molecule is Nc1nnc(CCCC(=O)O)s1. The molecule has 0 bridgehead atoms. The number of aliphatic carboxylic acids is 1. The molecule has 0 amide bonds. The Morgan fingerprint density at radius 1 is 1.58 bits per heavy atom. The molecule has 0 unspecified atom stereocenters. The number of hydrogen-bond acceptors (Lipinski definition) is 5. The second kappa shape index (κ2) is 4.01. The minimum atomic E-state index is -0.785. The maximum Gasteiger partial charge on any atom is 0.303 e. The summed E-state index contributed by atoms with van der Waals surface area (Å²) in [5, 5.41) is 16.9. The first-order valence-electron chi connectivity index (χ1n) is 3.48. The zero-order valence-corrected chi connectivity index (χ0v) is 7.17. The van der Waals surface area contributed by atoms with E-state index >= 15 is 0 Å². The van der Waals surface area contributed by atoms with Crippen LogP contribution in [0.15, 0.2) is 0 Å². The molecule has 0 aliphatic carbocycles. The number of carboxylic acids is 1. The third kappa shape index (κ3) is 2.83. The van der Waals surface area contributed by atoms with Crippen molar-refractivity contribution in [2.45, 2.75) is 19.3 Å². The van der Waals surface area contributed by atoms with Crippen molar-refractivity contribution in [2.24, 2.45) is 0 Å². The first kappa shape index (κ1) is 8.92. The number of rotatable bonds is 4. The van der Waals surface area contributed by atoms with Gasteiger partial charge in [-0.3, -0.25) is 4.79 Å². The van der Waals surface area contributed by atoms with Gasteiger partial charge in [0.1, 0.15) is 5.01 Å². The van der Waals surface area contributed by atoms with Crippen LogP contribution in [0.2, 0.25) is 0 Å². The normalized spacial score (nSPS) is 10.0. The van der Waals surface area contributed by atoms with E-state index in [1.165, 1.54) is 11.3 Å². The molecule has 1 rings (SSSR count). The molecule has 0 saturated heterocycles. The van der Waals surface area contributed by atoms with E-state index in [-0.39, 0.29) is 6.42 Å². The Hall–Kier alpha value is -1.17. The molecule has 3 N–H and O–H groups in total. The Morgan fingerprint density at radius 2 is 2.33 bits per heavy atom. The maximum atomic E-state index is 10.1. The molecule has 0 fully saturated rings. The van der Waals surface area contributed by atoms with E-state index in [0.29, 0.717) is 18.0 Å². The second-order valence-electron chi connectivity index (χ2n) is 2.28. The molecule has 1 heterocycles. The van der Waals surface area contributed by atoms with Gasteiger partial charge in [0.15, 0.2) is 0 Å². The number of aryl methyl sites for hydroxylation is 1. The molecule has 1 aromatic rings. The van der Waals surface area contributed by atoms with Crippen molar-refractivity contribution in [2.75, 3.05) is 5.73 Å². The third-order valence-corrected chi connectivity index (χ3v) is 2.08. The van der Waals surface area contributed by atoms with Gasteiger partial charge in [0.2, 0.25) is 5.13 Å². The Bertz CT molecular complexity index is 274. The fourth-order valence-corrected chi connectivity index (χ4v) is 1.41. The summed E-state index contributed by atoms with van der Waals surface area (Å²) in [5.41, 5.74) is 5.34. The predicted octanol–water partition coefficient (Wildman–Crippen LogP) is 0.528.